The Morgan fingerprint density at radius 2 is 1.41 bits per heavy atom. The average Bonchev–Trinajstić information content (AvgIpc) is 2.40. The van der Waals surface area contributed by atoms with Crippen molar-refractivity contribution in [2.45, 2.75) is 0 Å². The number of hydrogen-bond donors (Lipinski definition) is 0. The van der Waals surface area contributed by atoms with Crippen LogP contribution in [0, 0.1) is 0 Å². The van der Waals surface area contributed by atoms with Gasteiger partial charge in [-0.3, -0.25) is 0 Å². The Bertz CT molecular complexity index is 473. The van der Waals surface area contributed by atoms with Gasteiger partial charge in [-0.1, -0.05) is 36.4 Å². The molecule has 2 aromatic carbocycles. The fourth-order valence-corrected chi connectivity index (χ4v) is 2.08. The molecule has 84 valence electrons. The quantitative estimate of drug-likeness (QED) is 0.781. The summed E-state index contributed by atoms with van der Waals surface area (Å²) in [6, 6.07) is 17.1. The van der Waals surface area contributed by atoms with Crippen LogP contribution in [0.3, 0.4) is 0 Å². The van der Waals surface area contributed by atoms with E-state index in [1.165, 1.54) is 0 Å². The van der Waals surface area contributed by atoms with E-state index in [1.54, 1.807) is 54.6 Å². The maximum absolute atomic E-state index is 11.7. The summed E-state index contributed by atoms with van der Waals surface area (Å²) in [5.74, 6) is -0.574. The molecule has 0 saturated carbocycles. The second kappa shape index (κ2) is 5.37. The molecule has 0 aliphatic heterocycles. The lowest BCUT2D eigenvalue weighted by molar-refractivity contribution is 0.0752. The summed E-state index contributed by atoms with van der Waals surface area (Å²) >= 11 is 0. The van der Waals surface area contributed by atoms with Crippen LogP contribution < -0.4 is 5.30 Å². The molecule has 0 saturated heterocycles. The fraction of sp³-hybridized carbons (Fsp3) is 0. The van der Waals surface area contributed by atoms with Crippen LogP contribution in [0.25, 0.3) is 0 Å². The van der Waals surface area contributed by atoms with E-state index in [9.17, 15) is 9.36 Å². The highest BCUT2D eigenvalue weighted by Crippen LogP contribution is 2.23. The van der Waals surface area contributed by atoms with Crippen molar-refractivity contribution in [2.75, 3.05) is 0 Å². The van der Waals surface area contributed by atoms with Crippen LogP contribution in [0.15, 0.2) is 60.7 Å². The lowest BCUT2D eigenvalue weighted by atomic mass is 10.2. The molecule has 0 aliphatic rings. The Balaban J connectivity index is 2.08. The lowest BCUT2D eigenvalue weighted by Crippen LogP contribution is -2.04. The van der Waals surface area contributed by atoms with Crippen LogP contribution in [0.2, 0.25) is 0 Å². The van der Waals surface area contributed by atoms with E-state index in [1.807, 2.05) is 6.07 Å². The van der Waals surface area contributed by atoms with E-state index in [4.69, 9.17) is 4.52 Å². The Hall–Kier alpha value is -1.99. The van der Waals surface area contributed by atoms with Gasteiger partial charge in [-0.15, -0.1) is 0 Å². The Kier molecular flexibility index (Phi) is 3.63. The van der Waals surface area contributed by atoms with E-state index < -0.39 is 14.0 Å². The third kappa shape index (κ3) is 2.99. The molecule has 0 aliphatic carbocycles. The van der Waals surface area contributed by atoms with Crippen LogP contribution in [-0.4, -0.2) is 5.97 Å². The minimum atomic E-state index is -2.14. The van der Waals surface area contributed by atoms with Crippen LogP contribution >= 0.6 is 8.03 Å². The first-order chi connectivity index (χ1) is 8.27. The second-order valence-electron chi connectivity index (χ2n) is 3.34. The minimum Gasteiger partial charge on any atom is -0.241 e. The predicted octanol–water partition coefficient (Wildman–Crippen LogP) is 2.91. The maximum atomic E-state index is 11.7. The molecule has 0 radical (unpaired) electrons. The van der Waals surface area contributed by atoms with Gasteiger partial charge in [0.15, 0.2) is 0 Å². The van der Waals surface area contributed by atoms with E-state index in [-0.39, 0.29) is 0 Å². The first-order valence-electron chi connectivity index (χ1n) is 5.07. The molecule has 1 atom stereocenters. The largest absolute Gasteiger partial charge is 0.600 e. The number of carbonyl (C=O) groups is 1. The molecule has 0 amide bonds. The van der Waals surface area contributed by atoms with E-state index in [2.05, 4.69) is 0 Å². The Labute approximate surface area is 99.9 Å². The normalized spacial score (nSPS) is 10.7. The van der Waals surface area contributed by atoms with E-state index in [0.717, 1.165) is 0 Å². The summed E-state index contributed by atoms with van der Waals surface area (Å²) in [5, 5.41) is 0.506. The van der Waals surface area contributed by atoms with Gasteiger partial charge in [0.05, 0.1) is 5.56 Å². The number of hydrogen-bond acceptors (Lipinski definition) is 3. The summed E-state index contributed by atoms with van der Waals surface area (Å²) in [5.41, 5.74) is 0.395. The molecular formula is C13H10O3P+. The van der Waals surface area contributed by atoms with Crippen molar-refractivity contribution in [3.8, 4) is 0 Å². The summed E-state index contributed by atoms with van der Waals surface area (Å²) in [7, 11) is -2.14. The van der Waals surface area contributed by atoms with Crippen molar-refractivity contribution in [1.29, 1.82) is 0 Å². The number of carbonyl (C=O) groups excluding carboxylic acids is 1. The third-order valence-electron chi connectivity index (χ3n) is 2.14. The first-order valence-corrected chi connectivity index (χ1v) is 6.25. The second-order valence-corrected chi connectivity index (χ2v) is 4.55. The maximum Gasteiger partial charge on any atom is 0.600 e. The van der Waals surface area contributed by atoms with Crippen molar-refractivity contribution in [3.05, 3.63) is 66.2 Å². The van der Waals surface area contributed by atoms with Crippen molar-refractivity contribution in [1.82, 2.24) is 0 Å². The SMILES string of the molecule is O=C(O[P+](=O)c1ccccc1)c1ccccc1. The minimum absolute atomic E-state index is 0.395. The van der Waals surface area contributed by atoms with Crippen LogP contribution in [-0.2, 0) is 9.09 Å². The average molecular weight is 245 g/mol. The Morgan fingerprint density at radius 1 is 0.882 bits per heavy atom. The fourth-order valence-electron chi connectivity index (χ4n) is 1.30. The molecule has 0 aromatic heterocycles. The highest BCUT2D eigenvalue weighted by molar-refractivity contribution is 7.49. The van der Waals surface area contributed by atoms with Gasteiger partial charge in [0.1, 0.15) is 0 Å². The van der Waals surface area contributed by atoms with Gasteiger partial charge in [-0.2, -0.15) is 0 Å². The van der Waals surface area contributed by atoms with Gasteiger partial charge < -0.3 is 0 Å². The monoisotopic (exact) mass is 245 g/mol. The predicted molar refractivity (Wildman–Crippen MR) is 65.5 cm³/mol. The molecule has 4 heteroatoms. The third-order valence-corrected chi connectivity index (χ3v) is 3.19. The van der Waals surface area contributed by atoms with Gasteiger partial charge >= 0.3 is 14.0 Å². The zero-order chi connectivity index (χ0) is 12.1. The van der Waals surface area contributed by atoms with Gasteiger partial charge in [0, 0.05) is 0 Å². The van der Waals surface area contributed by atoms with Gasteiger partial charge in [0.25, 0.3) is 0 Å². The van der Waals surface area contributed by atoms with Crippen LogP contribution in [0.5, 0.6) is 0 Å². The molecule has 2 aromatic rings. The highest BCUT2D eigenvalue weighted by atomic mass is 31.1. The molecule has 0 heterocycles. The van der Waals surface area contributed by atoms with Crippen molar-refractivity contribution < 1.29 is 13.9 Å². The van der Waals surface area contributed by atoms with Crippen molar-refractivity contribution in [2.24, 2.45) is 0 Å². The summed E-state index contributed by atoms with van der Waals surface area (Å²) < 4.78 is 16.6. The van der Waals surface area contributed by atoms with Gasteiger partial charge in [-0.25, -0.2) is 9.32 Å². The standard InChI is InChI=1S/C13H10O3P/c14-13(11-7-3-1-4-8-11)16-17(15)12-9-5-2-6-10-12/h1-10H/q+1. The Morgan fingerprint density at radius 3 is 2.00 bits per heavy atom. The van der Waals surface area contributed by atoms with E-state index >= 15 is 0 Å². The molecule has 0 bridgehead atoms. The molecule has 0 spiro atoms. The lowest BCUT2D eigenvalue weighted by Gasteiger charge is -1.93. The molecular weight excluding hydrogens is 235 g/mol. The molecule has 3 nitrogen and oxygen atoms in total. The summed E-state index contributed by atoms with van der Waals surface area (Å²) in [6.07, 6.45) is 0. The van der Waals surface area contributed by atoms with Crippen molar-refractivity contribution >= 4 is 19.3 Å². The molecule has 0 fully saturated rings. The number of benzene rings is 2. The molecule has 0 N–H and O–H groups in total. The van der Waals surface area contributed by atoms with Gasteiger partial charge in [0.2, 0.25) is 5.30 Å². The topological polar surface area (TPSA) is 43.4 Å². The van der Waals surface area contributed by atoms with Gasteiger partial charge in [-0.05, 0) is 28.8 Å². The van der Waals surface area contributed by atoms with Crippen LogP contribution in [0.1, 0.15) is 10.4 Å². The smallest absolute Gasteiger partial charge is 0.241 e. The summed E-state index contributed by atoms with van der Waals surface area (Å²) in [4.78, 5) is 11.6. The summed E-state index contributed by atoms with van der Waals surface area (Å²) in [6.45, 7) is 0. The van der Waals surface area contributed by atoms with Crippen LogP contribution in [0.4, 0.5) is 0 Å². The highest BCUT2D eigenvalue weighted by Gasteiger charge is 2.27. The zero-order valence-corrected chi connectivity index (χ0v) is 9.84. The van der Waals surface area contributed by atoms with E-state index in [0.29, 0.717) is 10.9 Å². The first kappa shape index (κ1) is 11.5. The number of rotatable bonds is 3. The molecule has 2 rings (SSSR count). The zero-order valence-electron chi connectivity index (χ0n) is 8.95. The molecule has 17 heavy (non-hydrogen) atoms. The molecule has 1 unspecified atom stereocenters. The van der Waals surface area contributed by atoms with Crippen molar-refractivity contribution in [3.63, 3.8) is 0 Å².